The van der Waals surface area contributed by atoms with E-state index in [0.29, 0.717) is 23.6 Å². The maximum absolute atomic E-state index is 13.2. The molecule has 78 valence electrons. The van der Waals surface area contributed by atoms with E-state index in [1.807, 2.05) is 5.32 Å². The highest BCUT2D eigenvalue weighted by molar-refractivity contribution is 6.31. The minimum atomic E-state index is -0.266. The van der Waals surface area contributed by atoms with Crippen LogP contribution in [0.4, 0.5) is 4.39 Å². The van der Waals surface area contributed by atoms with Crippen LogP contribution in [0.1, 0.15) is 12.0 Å². The molecule has 0 saturated heterocycles. The number of aliphatic hydroxyl groups excluding tert-OH is 1. The van der Waals surface area contributed by atoms with Gasteiger partial charge >= 0.3 is 0 Å². The maximum atomic E-state index is 13.2. The number of benzene rings is 1. The van der Waals surface area contributed by atoms with Crippen LogP contribution in [0.15, 0.2) is 18.2 Å². The van der Waals surface area contributed by atoms with E-state index in [2.05, 4.69) is 0 Å². The Morgan fingerprint density at radius 2 is 2.21 bits per heavy atom. The number of halogens is 2. The van der Waals surface area contributed by atoms with Gasteiger partial charge < -0.3 is 10.4 Å². The number of aliphatic hydroxyl groups is 1. The molecule has 0 unspecified atom stereocenters. The van der Waals surface area contributed by atoms with E-state index in [4.69, 9.17) is 16.7 Å². The monoisotopic (exact) mass is 218 g/mol. The van der Waals surface area contributed by atoms with Crippen LogP contribution in [0.3, 0.4) is 0 Å². The first kappa shape index (κ1) is 11.4. The second kappa shape index (κ2) is 5.96. The molecule has 0 aromatic heterocycles. The van der Waals surface area contributed by atoms with Crippen LogP contribution in [-0.2, 0) is 6.54 Å². The van der Waals surface area contributed by atoms with Gasteiger partial charge in [-0.25, -0.2) is 4.39 Å². The van der Waals surface area contributed by atoms with Gasteiger partial charge in [-0.05, 0) is 12.1 Å². The van der Waals surface area contributed by atoms with Crippen molar-refractivity contribution in [2.75, 3.05) is 13.2 Å². The van der Waals surface area contributed by atoms with E-state index in [1.54, 1.807) is 12.1 Å². The SMILES string of the molecule is OCCC[NH2+]Cc1c(F)cccc1Cl. The topological polar surface area (TPSA) is 36.8 Å². The van der Waals surface area contributed by atoms with Crippen molar-refractivity contribution in [1.29, 1.82) is 0 Å². The van der Waals surface area contributed by atoms with Crippen molar-refractivity contribution in [1.82, 2.24) is 0 Å². The summed E-state index contributed by atoms with van der Waals surface area (Å²) in [6, 6.07) is 4.68. The molecular formula is C10H14ClFNO+. The summed E-state index contributed by atoms with van der Waals surface area (Å²) in [6.45, 7) is 1.47. The van der Waals surface area contributed by atoms with Crippen molar-refractivity contribution in [2.45, 2.75) is 13.0 Å². The van der Waals surface area contributed by atoms with E-state index in [-0.39, 0.29) is 12.4 Å². The lowest BCUT2D eigenvalue weighted by Crippen LogP contribution is -2.82. The van der Waals surface area contributed by atoms with E-state index in [1.165, 1.54) is 6.07 Å². The Morgan fingerprint density at radius 3 is 2.86 bits per heavy atom. The smallest absolute Gasteiger partial charge is 0.133 e. The normalized spacial score (nSPS) is 10.5. The lowest BCUT2D eigenvalue weighted by molar-refractivity contribution is -0.671. The number of hydrogen-bond donors (Lipinski definition) is 2. The van der Waals surface area contributed by atoms with Crippen LogP contribution in [0.5, 0.6) is 0 Å². The Hall–Kier alpha value is -0.640. The van der Waals surface area contributed by atoms with E-state index in [9.17, 15) is 4.39 Å². The molecule has 0 radical (unpaired) electrons. The van der Waals surface area contributed by atoms with Crippen molar-refractivity contribution in [3.05, 3.63) is 34.6 Å². The highest BCUT2D eigenvalue weighted by Gasteiger charge is 2.07. The van der Waals surface area contributed by atoms with Crippen molar-refractivity contribution in [2.24, 2.45) is 0 Å². The summed E-state index contributed by atoms with van der Waals surface area (Å²) < 4.78 is 13.2. The van der Waals surface area contributed by atoms with E-state index < -0.39 is 0 Å². The van der Waals surface area contributed by atoms with Gasteiger partial charge in [-0.1, -0.05) is 17.7 Å². The second-order valence-electron chi connectivity index (χ2n) is 3.06. The van der Waals surface area contributed by atoms with Gasteiger partial charge in [0.1, 0.15) is 12.4 Å². The molecule has 1 rings (SSSR count). The molecule has 0 aliphatic carbocycles. The van der Waals surface area contributed by atoms with Gasteiger partial charge in [0.2, 0.25) is 0 Å². The first-order chi connectivity index (χ1) is 6.75. The third-order valence-electron chi connectivity index (χ3n) is 1.98. The molecule has 1 aromatic carbocycles. The Kier molecular flexibility index (Phi) is 4.87. The van der Waals surface area contributed by atoms with Gasteiger partial charge in [-0.2, -0.15) is 0 Å². The van der Waals surface area contributed by atoms with Crippen LogP contribution < -0.4 is 5.32 Å². The quantitative estimate of drug-likeness (QED) is 0.709. The number of nitrogens with two attached hydrogens (primary N) is 1. The number of rotatable bonds is 5. The largest absolute Gasteiger partial charge is 0.396 e. The summed E-state index contributed by atoms with van der Waals surface area (Å²) in [6.07, 6.45) is 0.714. The van der Waals surface area contributed by atoms with Crippen molar-refractivity contribution in [3.8, 4) is 0 Å². The molecule has 14 heavy (non-hydrogen) atoms. The fourth-order valence-corrected chi connectivity index (χ4v) is 1.45. The third kappa shape index (κ3) is 3.25. The third-order valence-corrected chi connectivity index (χ3v) is 2.33. The summed E-state index contributed by atoms with van der Waals surface area (Å²) in [7, 11) is 0. The molecule has 1 aromatic rings. The average molecular weight is 219 g/mol. The molecular weight excluding hydrogens is 205 g/mol. The first-order valence-corrected chi connectivity index (χ1v) is 4.99. The van der Waals surface area contributed by atoms with Crippen LogP contribution >= 0.6 is 11.6 Å². The minimum absolute atomic E-state index is 0.168. The summed E-state index contributed by atoms with van der Waals surface area (Å²) >= 11 is 5.83. The molecule has 0 fully saturated rings. The van der Waals surface area contributed by atoms with Crippen molar-refractivity contribution >= 4 is 11.6 Å². The van der Waals surface area contributed by atoms with Crippen LogP contribution in [0, 0.1) is 5.82 Å². The van der Waals surface area contributed by atoms with Gasteiger partial charge in [0.05, 0.1) is 17.1 Å². The zero-order chi connectivity index (χ0) is 10.4. The average Bonchev–Trinajstić information content (AvgIpc) is 2.16. The van der Waals surface area contributed by atoms with Crippen molar-refractivity contribution < 1.29 is 14.8 Å². The Morgan fingerprint density at radius 1 is 1.43 bits per heavy atom. The molecule has 4 heteroatoms. The molecule has 0 heterocycles. The van der Waals surface area contributed by atoms with E-state index >= 15 is 0 Å². The summed E-state index contributed by atoms with van der Waals surface area (Å²) in [4.78, 5) is 0. The molecule has 0 amide bonds. The zero-order valence-corrected chi connectivity index (χ0v) is 8.60. The lowest BCUT2D eigenvalue weighted by Gasteiger charge is -2.04. The van der Waals surface area contributed by atoms with Gasteiger partial charge in [-0.3, -0.25) is 0 Å². The summed E-state index contributed by atoms with van der Waals surface area (Å²) in [5.74, 6) is -0.266. The second-order valence-corrected chi connectivity index (χ2v) is 3.47. The lowest BCUT2D eigenvalue weighted by atomic mass is 10.2. The molecule has 0 aliphatic rings. The van der Waals surface area contributed by atoms with Gasteiger partial charge in [0, 0.05) is 13.0 Å². The first-order valence-electron chi connectivity index (χ1n) is 4.61. The highest BCUT2D eigenvalue weighted by Crippen LogP contribution is 2.17. The molecule has 2 nitrogen and oxygen atoms in total. The molecule has 0 bridgehead atoms. The predicted molar refractivity (Wildman–Crippen MR) is 53.6 cm³/mol. The number of hydrogen-bond acceptors (Lipinski definition) is 1. The van der Waals surface area contributed by atoms with E-state index in [0.717, 1.165) is 6.54 Å². The molecule has 0 spiro atoms. The standard InChI is InChI=1S/C10H13ClFNO/c11-9-3-1-4-10(12)8(9)7-13-5-2-6-14/h1,3-4,13-14H,2,5-7H2/p+1. The van der Waals surface area contributed by atoms with Crippen molar-refractivity contribution in [3.63, 3.8) is 0 Å². The Balaban J connectivity index is 2.49. The molecule has 0 atom stereocenters. The summed E-state index contributed by atoms with van der Waals surface area (Å²) in [5.41, 5.74) is 0.534. The maximum Gasteiger partial charge on any atom is 0.133 e. The van der Waals surface area contributed by atoms with Crippen LogP contribution in [-0.4, -0.2) is 18.3 Å². The fraction of sp³-hybridized carbons (Fsp3) is 0.400. The molecule has 0 aliphatic heterocycles. The molecule has 0 saturated carbocycles. The predicted octanol–water partition coefficient (Wildman–Crippen LogP) is 0.925. The summed E-state index contributed by atoms with van der Waals surface area (Å²) in [5, 5.41) is 10.9. The Labute approximate surface area is 87.7 Å². The minimum Gasteiger partial charge on any atom is -0.396 e. The number of quaternary nitrogens is 1. The molecule has 3 N–H and O–H groups in total. The van der Waals surface area contributed by atoms with Gasteiger partial charge in [-0.15, -0.1) is 0 Å². The van der Waals surface area contributed by atoms with Gasteiger partial charge in [0.15, 0.2) is 0 Å². The zero-order valence-electron chi connectivity index (χ0n) is 7.84. The van der Waals surface area contributed by atoms with Crippen LogP contribution in [0.2, 0.25) is 5.02 Å². The fourth-order valence-electron chi connectivity index (χ4n) is 1.21. The van der Waals surface area contributed by atoms with Gasteiger partial charge in [0.25, 0.3) is 0 Å². The Bertz CT molecular complexity index is 273. The highest BCUT2D eigenvalue weighted by atomic mass is 35.5. The van der Waals surface area contributed by atoms with Crippen LogP contribution in [0.25, 0.3) is 0 Å².